The maximum atomic E-state index is 13.4. The predicted octanol–water partition coefficient (Wildman–Crippen LogP) is 4.83. The summed E-state index contributed by atoms with van der Waals surface area (Å²) in [6, 6.07) is 13.0. The van der Waals surface area contributed by atoms with Crippen molar-refractivity contribution in [2.45, 2.75) is 63.3 Å². The summed E-state index contributed by atoms with van der Waals surface area (Å²) in [7, 11) is -4.04. The van der Waals surface area contributed by atoms with Gasteiger partial charge in [0.2, 0.25) is 5.88 Å². The second-order valence-corrected chi connectivity index (χ2v) is 14.0. The second kappa shape index (κ2) is 10.2. The van der Waals surface area contributed by atoms with Crippen molar-refractivity contribution in [3.05, 3.63) is 60.3 Å². The third-order valence-electron chi connectivity index (χ3n) is 8.39. The van der Waals surface area contributed by atoms with Gasteiger partial charge in [0.25, 0.3) is 15.9 Å². The van der Waals surface area contributed by atoms with Gasteiger partial charge in [-0.1, -0.05) is 25.1 Å². The lowest BCUT2D eigenvalue weighted by atomic mass is 9.97. The summed E-state index contributed by atoms with van der Waals surface area (Å²) in [4.78, 5) is 20.4. The van der Waals surface area contributed by atoms with Crippen LogP contribution in [0.15, 0.2) is 59.6 Å². The van der Waals surface area contributed by atoms with Crippen molar-refractivity contribution >= 4 is 21.7 Å². The minimum atomic E-state index is -4.04. The SMILES string of the molecule is C[C@@H]1CN(c2nc(-n3ccc(OCC(C4CC4)C4CC4)n3)ccc2C(=O)NS(=O)(=O)c2ccccc2)C(C)(C)C1. The number of rotatable bonds is 10. The summed E-state index contributed by atoms with van der Waals surface area (Å²) >= 11 is 0. The number of pyridine rings is 1. The molecule has 0 spiro atoms. The predicted molar refractivity (Wildman–Crippen MR) is 152 cm³/mol. The highest BCUT2D eigenvalue weighted by atomic mass is 32.2. The Morgan fingerprint density at radius 2 is 1.77 bits per heavy atom. The minimum Gasteiger partial charge on any atom is -0.476 e. The van der Waals surface area contributed by atoms with Crippen LogP contribution in [0.1, 0.15) is 63.2 Å². The monoisotopic (exact) mass is 563 g/mol. The van der Waals surface area contributed by atoms with E-state index in [4.69, 9.17) is 9.72 Å². The highest BCUT2D eigenvalue weighted by molar-refractivity contribution is 7.90. The molecule has 40 heavy (non-hydrogen) atoms. The van der Waals surface area contributed by atoms with E-state index in [0.29, 0.717) is 42.5 Å². The first kappa shape index (κ1) is 26.8. The van der Waals surface area contributed by atoms with Gasteiger partial charge in [-0.3, -0.25) is 4.79 Å². The first-order valence-corrected chi connectivity index (χ1v) is 15.7. The van der Waals surface area contributed by atoms with Crippen molar-refractivity contribution in [1.82, 2.24) is 19.5 Å². The molecular weight excluding hydrogens is 526 g/mol. The molecule has 10 heteroatoms. The molecule has 1 aliphatic heterocycles. The summed E-state index contributed by atoms with van der Waals surface area (Å²) in [6.07, 6.45) is 7.97. The Balaban J connectivity index is 1.28. The molecule has 212 valence electrons. The van der Waals surface area contributed by atoms with Gasteiger partial charge in [0.05, 0.1) is 17.1 Å². The molecule has 1 saturated heterocycles. The number of carbonyl (C=O) groups is 1. The normalized spacial score (nSPS) is 20.6. The molecule has 3 fully saturated rings. The average Bonchev–Trinajstić information content (AvgIpc) is 3.85. The zero-order chi connectivity index (χ0) is 28.1. The Morgan fingerprint density at radius 3 is 2.40 bits per heavy atom. The minimum absolute atomic E-state index is 0.0271. The Bertz CT molecular complexity index is 1480. The molecule has 3 aromatic rings. The van der Waals surface area contributed by atoms with E-state index in [2.05, 4.69) is 35.5 Å². The van der Waals surface area contributed by atoms with Crippen LogP contribution in [-0.2, 0) is 10.0 Å². The summed E-state index contributed by atoms with van der Waals surface area (Å²) in [5.41, 5.74) is -0.0667. The first-order valence-electron chi connectivity index (χ1n) is 14.2. The smallest absolute Gasteiger partial charge is 0.268 e. The van der Waals surface area contributed by atoms with Crippen molar-refractivity contribution in [1.29, 1.82) is 0 Å². The van der Waals surface area contributed by atoms with Gasteiger partial charge in [-0.15, -0.1) is 5.10 Å². The van der Waals surface area contributed by atoms with Gasteiger partial charge >= 0.3 is 0 Å². The Kier molecular flexibility index (Phi) is 6.84. The van der Waals surface area contributed by atoms with Crippen LogP contribution in [-0.4, -0.2) is 47.8 Å². The van der Waals surface area contributed by atoms with Crippen LogP contribution in [0.4, 0.5) is 5.82 Å². The number of aromatic nitrogens is 3. The molecule has 0 unspecified atom stereocenters. The number of sulfonamides is 1. The molecule has 1 aromatic carbocycles. The number of nitrogens with one attached hydrogen (secondary N) is 1. The van der Waals surface area contributed by atoms with E-state index in [-0.39, 0.29) is 16.0 Å². The lowest BCUT2D eigenvalue weighted by molar-refractivity contribution is 0.0981. The number of nitrogens with zero attached hydrogens (tertiary/aromatic N) is 4. The van der Waals surface area contributed by atoms with Crippen LogP contribution in [0.5, 0.6) is 5.88 Å². The zero-order valence-corrected chi connectivity index (χ0v) is 24.1. The van der Waals surface area contributed by atoms with Crippen molar-refractivity contribution in [2.75, 3.05) is 18.1 Å². The molecule has 2 saturated carbocycles. The molecule has 0 radical (unpaired) electrons. The lowest BCUT2D eigenvalue weighted by Crippen LogP contribution is -2.41. The number of amides is 1. The maximum Gasteiger partial charge on any atom is 0.268 e. The van der Waals surface area contributed by atoms with Gasteiger partial charge in [0, 0.05) is 24.3 Å². The molecule has 0 bridgehead atoms. The fourth-order valence-corrected chi connectivity index (χ4v) is 7.13. The second-order valence-electron chi connectivity index (χ2n) is 12.3. The van der Waals surface area contributed by atoms with Crippen LogP contribution in [0.2, 0.25) is 0 Å². The summed E-state index contributed by atoms with van der Waals surface area (Å²) in [5.74, 6) is 3.42. The molecule has 1 amide bonds. The van der Waals surface area contributed by atoms with Crippen molar-refractivity contribution in [3.8, 4) is 11.7 Å². The molecule has 1 atom stereocenters. The van der Waals surface area contributed by atoms with Gasteiger partial charge in [-0.2, -0.15) is 0 Å². The van der Waals surface area contributed by atoms with E-state index in [9.17, 15) is 13.2 Å². The number of carbonyl (C=O) groups excluding carboxylic acids is 1. The molecule has 1 N–H and O–H groups in total. The Hall–Kier alpha value is -3.40. The van der Waals surface area contributed by atoms with Crippen molar-refractivity contribution in [3.63, 3.8) is 0 Å². The third-order valence-corrected chi connectivity index (χ3v) is 9.74. The number of ether oxygens (including phenoxy) is 1. The molecule has 3 aliphatic rings. The summed E-state index contributed by atoms with van der Waals surface area (Å²) < 4.78 is 35.8. The maximum absolute atomic E-state index is 13.4. The highest BCUT2D eigenvalue weighted by Gasteiger charge is 2.42. The quantitative estimate of drug-likeness (QED) is 0.377. The van der Waals surface area contributed by atoms with E-state index in [0.717, 1.165) is 18.3 Å². The summed E-state index contributed by atoms with van der Waals surface area (Å²) in [6.45, 7) is 7.79. The number of benzene rings is 1. The highest BCUT2D eigenvalue weighted by Crippen LogP contribution is 2.49. The van der Waals surface area contributed by atoms with Gasteiger partial charge in [-0.25, -0.2) is 22.8 Å². The number of anilines is 1. The molecule has 2 aliphatic carbocycles. The van der Waals surface area contributed by atoms with Crippen LogP contribution in [0.25, 0.3) is 5.82 Å². The molecule has 9 nitrogen and oxygen atoms in total. The van der Waals surface area contributed by atoms with E-state index in [1.807, 2.05) is 12.3 Å². The van der Waals surface area contributed by atoms with Gasteiger partial charge in [-0.05, 0) is 93.9 Å². The molecule has 2 aromatic heterocycles. The molecule has 6 rings (SSSR count). The van der Waals surface area contributed by atoms with Crippen molar-refractivity contribution < 1.29 is 17.9 Å². The standard InChI is InChI=1S/C30H37N5O4S/c1-20-17-30(2,3)34(18-20)28-24(29(36)33-40(37,38)23-7-5-4-6-8-23)13-14-26(31-28)35-16-15-27(32-35)39-19-25(21-9-10-21)22-11-12-22/h4-8,13-16,20-22,25H,9-12,17-19H2,1-3H3,(H,33,36)/t20-/m0/s1. The Labute approximate surface area is 236 Å². The number of hydrogen-bond acceptors (Lipinski definition) is 7. The van der Waals surface area contributed by atoms with Crippen LogP contribution in [0, 0.1) is 23.7 Å². The zero-order valence-electron chi connectivity index (χ0n) is 23.3. The van der Waals surface area contributed by atoms with E-state index in [1.165, 1.54) is 37.8 Å². The van der Waals surface area contributed by atoms with Crippen LogP contribution < -0.4 is 14.4 Å². The van der Waals surface area contributed by atoms with Crippen LogP contribution >= 0.6 is 0 Å². The van der Waals surface area contributed by atoms with E-state index in [1.54, 1.807) is 35.0 Å². The fraction of sp³-hybridized carbons (Fsp3) is 0.500. The third kappa shape index (κ3) is 5.59. The van der Waals surface area contributed by atoms with E-state index < -0.39 is 15.9 Å². The van der Waals surface area contributed by atoms with E-state index >= 15 is 0 Å². The molecule has 3 heterocycles. The largest absolute Gasteiger partial charge is 0.476 e. The number of hydrogen-bond donors (Lipinski definition) is 1. The summed E-state index contributed by atoms with van der Waals surface area (Å²) in [5, 5.41) is 4.62. The first-order chi connectivity index (χ1) is 19.1. The van der Waals surface area contributed by atoms with Crippen LogP contribution in [0.3, 0.4) is 0 Å². The lowest BCUT2D eigenvalue weighted by Gasteiger charge is -2.34. The van der Waals surface area contributed by atoms with Gasteiger partial charge in [0.15, 0.2) is 5.82 Å². The average molecular weight is 564 g/mol. The topological polar surface area (TPSA) is 106 Å². The van der Waals surface area contributed by atoms with Gasteiger partial charge < -0.3 is 9.64 Å². The fourth-order valence-electron chi connectivity index (χ4n) is 6.14. The Morgan fingerprint density at radius 1 is 1.07 bits per heavy atom. The van der Waals surface area contributed by atoms with Crippen molar-refractivity contribution in [2.24, 2.45) is 23.7 Å². The molecular formula is C30H37N5O4S. The van der Waals surface area contributed by atoms with Gasteiger partial charge in [0.1, 0.15) is 5.82 Å².